The van der Waals surface area contributed by atoms with Crippen LogP contribution in [0.2, 0.25) is 0 Å². The van der Waals surface area contributed by atoms with Crippen LogP contribution in [0.25, 0.3) is 0 Å². The maximum Gasteiger partial charge on any atom is 0.123 e. The zero-order chi connectivity index (χ0) is 7.61. The van der Waals surface area contributed by atoms with Crippen LogP contribution in [0.15, 0.2) is 22.8 Å². The highest BCUT2D eigenvalue weighted by molar-refractivity contribution is 5.09. The van der Waals surface area contributed by atoms with E-state index in [-0.39, 0.29) is 5.54 Å². The maximum atomic E-state index is 5.89. The molecule has 1 heterocycles. The van der Waals surface area contributed by atoms with Crippen LogP contribution < -0.4 is 5.73 Å². The Morgan fingerprint density at radius 1 is 1.70 bits per heavy atom. The number of hydrogen-bond acceptors (Lipinski definition) is 2. The van der Waals surface area contributed by atoms with Gasteiger partial charge in [-0.1, -0.05) is 6.92 Å². The van der Waals surface area contributed by atoms with Gasteiger partial charge in [-0.15, -0.1) is 0 Å². The molecule has 0 radical (unpaired) electrons. The Kier molecular flexibility index (Phi) is 1.81. The summed E-state index contributed by atoms with van der Waals surface area (Å²) in [6.45, 7) is 4.01. The molecule has 0 fully saturated rings. The van der Waals surface area contributed by atoms with Crippen LogP contribution in [0.5, 0.6) is 0 Å². The molecule has 1 unspecified atom stereocenters. The third-order valence-corrected chi connectivity index (χ3v) is 1.82. The van der Waals surface area contributed by atoms with Crippen LogP contribution in [0.4, 0.5) is 0 Å². The third-order valence-electron chi connectivity index (χ3n) is 1.82. The molecular formula is C8H13NO. The van der Waals surface area contributed by atoms with Gasteiger partial charge >= 0.3 is 0 Å². The van der Waals surface area contributed by atoms with Crippen molar-refractivity contribution < 1.29 is 4.42 Å². The van der Waals surface area contributed by atoms with Crippen LogP contribution in [0, 0.1) is 0 Å². The van der Waals surface area contributed by atoms with Crippen molar-refractivity contribution in [3.8, 4) is 0 Å². The van der Waals surface area contributed by atoms with Crippen LogP contribution in [-0.4, -0.2) is 0 Å². The fraction of sp³-hybridized carbons (Fsp3) is 0.500. The van der Waals surface area contributed by atoms with Gasteiger partial charge in [0.15, 0.2) is 0 Å². The van der Waals surface area contributed by atoms with E-state index in [1.807, 2.05) is 26.0 Å². The summed E-state index contributed by atoms with van der Waals surface area (Å²) in [5, 5.41) is 0. The minimum Gasteiger partial charge on any atom is -0.467 e. The van der Waals surface area contributed by atoms with Crippen molar-refractivity contribution in [3.05, 3.63) is 24.2 Å². The van der Waals surface area contributed by atoms with Gasteiger partial charge in [0.1, 0.15) is 5.76 Å². The average molecular weight is 139 g/mol. The molecule has 0 aromatic carbocycles. The summed E-state index contributed by atoms with van der Waals surface area (Å²) in [6, 6.07) is 3.76. The zero-order valence-corrected chi connectivity index (χ0v) is 6.42. The van der Waals surface area contributed by atoms with Gasteiger partial charge in [-0.25, -0.2) is 0 Å². The lowest BCUT2D eigenvalue weighted by Crippen LogP contribution is -2.31. The number of hydrogen-bond donors (Lipinski definition) is 1. The summed E-state index contributed by atoms with van der Waals surface area (Å²) in [4.78, 5) is 0. The van der Waals surface area contributed by atoms with E-state index in [1.165, 1.54) is 0 Å². The monoisotopic (exact) mass is 139 g/mol. The second-order valence-electron chi connectivity index (χ2n) is 2.75. The summed E-state index contributed by atoms with van der Waals surface area (Å²) >= 11 is 0. The highest BCUT2D eigenvalue weighted by Crippen LogP contribution is 2.20. The fourth-order valence-electron chi connectivity index (χ4n) is 0.778. The van der Waals surface area contributed by atoms with Gasteiger partial charge in [-0.3, -0.25) is 0 Å². The second-order valence-corrected chi connectivity index (χ2v) is 2.75. The van der Waals surface area contributed by atoms with Gasteiger partial charge in [-0.2, -0.15) is 0 Å². The van der Waals surface area contributed by atoms with Crippen molar-refractivity contribution in [2.75, 3.05) is 0 Å². The van der Waals surface area contributed by atoms with Crippen molar-refractivity contribution in [3.63, 3.8) is 0 Å². The predicted molar refractivity (Wildman–Crippen MR) is 40.5 cm³/mol. The van der Waals surface area contributed by atoms with E-state index in [1.54, 1.807) is 6.26 Å². The molecule has 1 atom stereocenters. The molecule has 0 aliphatic carbocycles. The van der Waals surface area contributed by atoms with Crippen molar-refractivity contribution >= 4 is 0 Å². The molecule has 1 aromatic heterocycles. The lowest BCUT2D eigenvalue weighted by Gasteiger charge is -2.18. The Morgan fingerprint density at radius 3 is 2.80 bits per heavy atom. The van der Waals surface area contributed by atoms with Gasteiger partial charge in [0, 0.05) is 0 Å². The highest BCUT2D eigenvalue weighted by Gasteiger charge is 2.20. The first-order valence-corrected chi connectivity index (χ1v) is 3.49. The van der Waals surface area contributed by atoms with E-state index in [0.29, 0.717) is 0 Å². The first-order chi connectivity index (χ1) is 4.67. The van der Waals surface area contributed by atoms with Gasteiger partial charge < -0.3 is 10.2 Å². The highest BCUT2D eigenvalue weighted by atomic mass is 16.3. The van der Waals surface area contributed by atoms with Gasteiger partial charge in [-0.05, 0) is 25.5 Å². The van der Waals surface area contributed by atoms with Gasteiger partial charge in [0.2, 0.25) is 0 Å². The third kappa shape index (κ3) is 1.21. The summed E-state index contributed by atoms with van der Waals surface area (Å²) in [5.41, 5.74) is 5.59. The molecule has 1 rings (SSSR count). The minimum atomic E-state index is -0.302. The number of furan rings is 1. The van der Waals surface area contributed by atoms with E-state index >= 15 is 0 Å². The Bertz CT molecular complexity index is 189. The molecule has 1 aromatic rings. The average Bonchev–Trinajstić information content (AvgIpc) is 2.38. The molecule has 0 saturated heterocycles. The van der Waals surface area contributed by atoms with Crippen molar-refractivity contribution in [1.82, 2.24) is 0 Å². The van der Waals surface area contributed by atoms with Crippen molar-refractivity contribution in [2.45, 2.75) is 25.8 Å². The SMILES string of the molecule is CCC(C)(N)c1ccco1. The van der Waals surface area contributed by atoms with Crippen molar-refractivity contribution in [2.24, 2.45) is 5.73 Å². The second kappa shape index (κ2) is 2.46. The van der Waals surface area contributed by atoms with Crippen LogP contribution >= 0.6 is 0 Å². The Balaban J connectivity index is 2.85. The Hall–Kier alpha value is -0.760. The van der Waals surface area contributed by atoms with Crippen LogP contribution in [0.1, 0.15) is 26.0 Å². The summed E-state index contributed by atoms with van der Waals surface area (Å²) in [6.07, 6.45) is 2.54. The first kappa shape index (κ1) is 7.35. The van der Waals surface area contributed by atoms with Crippen molar-refractivity contribution in [1.29, 1.82) is 0 Å². The normalized spacial score (nSPS) is 16.7. The lowest BCUT2D eigenvalue weighted by molar-refractivity contribution is 0.359. The lowest BCUT2D eigenvalue weighted by atomic mass is 9.98. The molecule has 2 nitrogen and oxygen atoms in total. The quantitative estimate of drug-likeness (QED) is 0.679. The summed E-state index contributed by atoms with van der Waals surface area (Å²) < 4.78 is 5.16. The predicted octanol–water partition coefficient (Wildman–Crippen LogP) is 1.86. The summed E-state index contributed by atoms with van der Waals surface area (Å²) in [7, 11) is 0. The topological polar surface area (TPSA) is 39.2 Å². The van der Waals surface area contributed by atoms with E-state index in [4.69, 9.17) is 10.2 Å². The molecule has 0 spiro atoms. The molecular weight excluding hydrogens is 126 g/mol. The Morgan fingerprint density at radius 2 is 2.40 bits per heavy atom. The molecule has 0 bridgehead atoms. The van der Waals surface area contributed by atoms with Gasteiger partial charge in [0.05, 0.1) is 11.8 Å². The molecule has 0 aliphatic rings. The number of nitrogens with two attached hydrogens (primary N) is 1. The largest absolute Gasteiger partial charge is 0.467 e. The first-order valence-electron chi connectivity index (χ1n) is 3.49. The molecule has 0 amide bonds. The molecule has 0 saturated carbocycles. The Labute approximate surface area is 61.0 Å². The van der Waals surface area contributed by atoms with E-state index in [9.17, 15) is 0 Å². The molecule has 10 heavy (non-hydrogen) atoms. The summed E-state index contributed by atoms with van der Waals surface area (Å²) in [5.74, 6) is 0.856. The zero-order valence-electron chi connectivity index (χ0n) is 6.42. The fourth-order valence-corrected chi connectivity index (χ4v) is 0.778. The maximum absolute atomic E-state index is 5.89. The standard InChI is InChI=1S/C8H13NO/c1-3-8(2,9)7-5-4-6-10-7/h4-6H,3,9H2,1-2H3. The van der Waals surface area contributed by atoms with Crippen LogP contribution in [-0.2, 0) is 5.54 Å². The molecule has 2 N–H and O–H groups in total. The smallest absolute Gasteiger partial charge is 0.123 e. The van der Waals surface area contributed by atoms with E-state index < -0.39 is 0 Å². The van der Waals surface area contributed by atoms with E-state index in [0.717, 1.165) is 12.2 Å². The minimum absolute atomic E-state index is 0.302. The molecule has 2 heteroatoms. The van der Waals surface area contributed by atoms with Gasteiger partial charge in [0.25, 0.3) is 0 Å². The molecule has 0 aliphatic heterocycles. The van der Waals surface area contributed by atoms with Crippen LogP contribution in [0.3, 0.4) is 0 Å². The number of rotatable bonds is 2. The van der Waals surface area contributed by atoms with E-state index in [2.05, 4.69) is 0 Å². The molecule has 56 valence electrons.